The molecule has 4 nitrogen and oxygen atoms in total. The van der Waals surface area contributed by atoms with Crippen LogP contribution < -0.4 is 19.5 Å². The first-order valence-corrected chi connectivity index (χ1v) is 8.66. The van der Waals surface area contributed by atoms with E-state index >= 15 is 0 Å². The summed E-state index contributed by atoms with van der Waals surface area (Å²) in [6.45, 7) is 5.91. The molecule has 0 bridgehead atoms. The zero-order valence-electron chi connectivity index (χ0n) is 14.2. The number of hydrogen-bond donors (Lipinski definition) is 1. The average molecular weight is 327 g/mol. The summed E-state index contributed by atoms with van der Waals surface area (Å²) in [5, 5.41) is 3.44. The number of ether oxygens (including phenoxy) is 3. The first kappa shape index (κ1) is 16.7. The molecule has 24 heavy (non-hydrogen) atoms. The molecule has 0 atom stereocenters. The summed E-state index contributed by atoms with van der Waals surface area (Å²) in [5.74, 6) is 2.49. The fraction of sp³-hybridized carbons (Fsp3) is 0.400. The fourth-order valence-electron chi connectivity index (χ4n) is 2.58. The molecule has 0 saturated heterocycles. The second-order valence-electron chi connectivity index (χ2n) is 5.94. The summed E-state index contributed by atoms with van der Waals surface area (Å²) in [6, 6.07) is 14.2. The first-order chi connectivity index (χ1) is 11.8. The van der Waals surface area contributed by atoms with Crippen LogP contribution in [0.3, 0.4) is 0 Å². The van der Waals surface area contributed by atoms with Gasteiger partial charge in [-0.05, 0) is 48.4 Å². The third-order valence-electron chi connectivity index (χ3n) is 3.97. The lowest BCUT2D eigenvalue weighted by molar-refractivity contribution is 0.171. The Kier molecular flexibility index (Phi) is 5.96. The number of nitrogens with one attached hydrogen (secondary N) is 1. The Morgan fingerprint density at radius 1 is 0.958 bits per heavy atom. The highest BCUT2D eigenvalue weighted by Crippen LogP contribution is 2.31. The SMILES string of the molecule is CCCCNCc1ccc(OCc2ccc3c(c2)OCCO3)cc1. The minimum absolute atomic E-state index is 0.519. The molecule has 1 aliphatic rings. The lowest BCUT2D eigenvalue weighted by atomic mass is 10.2. The smallest absolute Gasteiger partial charge is 0.161 e. The van der Waals surface area contributed by atoms with E-state index in [9.17, 15) is 0 Å². The normalized spacial score (nSPS) is 12.9. The van der Waals surface area contributed by atoms with E-state index in [1.807, 2.05) is 30.3 Å². The maximum atomic E-state index is 5.86. The van der Waals surface area contributed by atoms with Gasteiger partial charge in [0.2, 0.25) is 0 Å². The van der Waals surface area contributed by atoms with Crippen molar-refractivity contribution in [2.75, 3.05) is 19.8 Å². The summed E-state index contributed by atoms with van der Waals surface area (Å²) in [6.07, 6.45) is 2.44. The van der Waals surface area contributed by atoms with Crippen molar-refractivity contribution in [3.05, 3.63) is 53.6 Å². The molecule has 0 aliphatic carbocycles. The molecular weight excluding hydrogens is 302 g/mol. The summed E-state index contributed by atoms with van der Waals surface area (Å²) in [4.78, 5) is 0. The van der Waals surface area contributed by atoms with E-state index in [4.69, 9.17) is 14.2 Å². The number of unbranched alkanes of at least 4 members (excludes halogenated alkanes) is 1. The summed E-state index contributed by atoms with van der Waals surface area (Å²) >= 11 is 0. The van der Waals surface area contributed by atoms with Gasteiger partial charge in [0.25, 0.3) is 0 Å². The van der Waals surface area contributed by atoms with Gasteiger partial charge in [0, 0.05) is 6.54 Å². The van der Waals surface area contributed by atoms with Gasteiger partial charge < -0.3 is 19.5 Å². The average Bonchev–Trinajstić information content (AvgIpc) is 2.64. The maximum absolute atomic E-state index is 5.86. The summed E-state index contributed by atoms with van der Waals surface area (Å²) in [7, 11) is 0. The molecule has 4 heteroatoms. The zero-order valence-corrected chi connectivity index (χ0v) is 14.2. The van der Waals surface area contributed by atoms with Crippen molar-refractivity contribution in [2.24, 2.45) is 0 Å². The highest BCUT2D eigenvalue weighted by atomic mass is 16.6. The van der Waals surface area contributed by atoms with E-state index in [1.165, 1.54) is 18.4 Å². The van der Waals surface area contributed by atoms with Crippen molar-refractivity contribution >= 4 is 0 Å². The molecular formula is C20H25NO3. The minimum atomic E-state index is 0.519. The molecule has 1 heterocycles. The fourth-order valence-corrected chi connectivity index (χ4v) is 2.58. The van der Waals surface area contributed by atoms with Gasteiger partial charge in [-0.25, -0.2) is 0 Å². The highest BCUT2D eigenvalue weighted by Gasteiger charge is 2.11. The number of hydrogen-bond acceptors (Lipinski definition) is 4. The first-order valence-electron chi connectivity index (χ1n) is 8.66. The Morgan fingerprint density at radius 2 is 1.71 bits per heavy atom. The molecule has 0 amide bonds. The third-order valence-corrected chi connectivity index (χ3v) is 3.97. The molecule has 0 saturated carbocycles. The van der Waals surface area contributed by atoms with E-state index in [2.05, 4.69) is 24.4 Å². The van der Waals surface area contributed by atoms with Crippen LogP contribution in [-0.4, -0.2) is 19.8 Å². The van der Waals surface area contributed by atoms with Crippen molar-refractivity contribution in [1.29, 1.82) is 0 Å². The molecule has 0 spiro atoms. The molecule has 0 aromatic heterocycles. The van der Waals surface area contributed by atoms with Crippen LogP contribution in [0.15, 0.2) is 42.5 Å². The molecule has 128 valence electrons. The number of benzene rings is 2. The van der Waals surface area contributed by atoms with E-state index in [1.54, 1.807) is 0 Å². The molecule has 1 N–H and O–H groups in total. The Balaban J connectivity index is 1.49. The standard InChI is InChI=1S/C20H25NO3/c1-2-3-10-21-14-16-4-7-18(8-5-16)24-15-17-6-9-19-20(13-17)23-12-11-22-19/h4-9,13,21H,2-3,10-12,14-15H2,1H3. The summed E-state index contributed by atoms with van der Waals surface area (Å²) in [5.41, 5.74) is 2.35. The minimum Gasteiger partial charge on any atom is -0.489 e. The van der Waals surface area contributed by atoms with Crippen molar-refractivity contribution in [3.63, 3.8) is 0 Å². The molecule has 0 unspecified atom stereocenters. The van der Waals surface area contributed by atoms with Crippen LogP contribution in [0, 0.1) is 0 Å². The van der Waals surface area contributed by atoms with Crippen molar-refractivity contribution < 1.29 is 14.2 Å². The van der Waals surface area contributed by atoms with Crippen LogP contribution >= 0.6 is 0 Å². The Bertz CT molecular complexity index is 640. The quantitative estimate of drug-likeness (QED) is 0.746. The Morgan fingerprint density at radius 3 is 2.50 bits per heavy atom. The predicted molar refractivity (Wildman–Crippen MR) is 94.8 cm³/mol. The lowest BCUT2D eigenvalue weighted by Gasteiger charge is -2.19. The van der Waals surface area contributed by atoms with Crippen LogP contribution in [-0.2, 0) is 13.2 Å². The van der Waals surface area contributed by atoms with Gasteiger partial charge in [0.1, 0.15) is 25.6 Å². The van der Waals surface area contributed by atoms with E-state index < -0.39 is 0 Å². The Hall–Kier alpha value is -2.20. The van der Waals surface area contributed by atoms with Gasteiger partial charge in [-0.15, -0.1) is 0 Å². The van der Waals surface area contributed by atoms with Crippen molar-refractivity contribution in [1.82, 2.24) is 5.32 Å². The zero-order chi connectivity index (χ0) is 16.6. The van der Waals surface area contributed by atoms with Gasteiger partial charge >= 0.3 is 0 Å². The molecule has 0 radical (unpaired) electrons. The van der Waals surface area contributed by atoms with Crippen molar-refractivity contribution in [2.45, 2.75) is 32.9 Å². The third kappa shape index (κ3) is 4.65. The molecule has 1 aliphatic heterocycles. The van der Waals surface area contributed by atoms with E-state index in [0.717, 1.165) is 35.9 Å². The van der Waals surface area contributed by atoms with E-state index in [-0.39, 0.29) is 0 Å². The topological polar surface area (TPSA) is 39.7 Å². The monoisotopic (exact) mass is 327 g/mol. The van der Waals surface area contributed by atoms with Crippen LogP contribution in [0.25, 0.3) is 0 Å². The maximum Gasteiger partial charge on any atom is 0.161 e. The number of rotatable bonds is 8. The van der Waals surface area contributed by atoms with Gasteiger partial charge in [-0.3, -0.25) is 0 Å². The van der Waals surface area contributed by atoms with Gasteiger partial charge in [0.05, 0.1) is 0 Å². The molecule has 0 fully saturated rings. The van der Waals surface area contributed by atoms with Crippen LogP contribution in [0.4, 0.5) is 0 Å². The predicted octanol–water partition coefficient (Wildman–Crippen LogP) is 3.93. The second-order valence-corrected chi connectivity index (χ2v) is 5.94. The molecule has 2 aromatic carbocycles. The molecule has 2 aromatic rings. The van der Waals surface area contributed by atoms with Gasteiger partial charge in [0.15, 0.2) is 11.5 Å². The highest BCUT2D eigenvalue weighted by molar-refractivity contribution is 5.43. The Labute approximate surface area is 143 Å². The second kappa shape index (κ2) is 8.60. The van der Waals surface area contributed by atoms with E-state index in [0.29, 0.717) is 19.8 Å². The number of fused-ring (bicyclic) bond motifs is 1. The van der Waals surface area contributed by atoms with Crippen molar-refractivity contribution in [3.8, 4) is 17.2 Å². The van der Waals surface area contributed by atoms with Crippen LogP contribution in [0.2, 0.25) is 0 Å². The van der Waals surface area contributed by atoms with Gasteiger partial charge in [-0.1, -0.05) is 31.5 Å². The lowest BCUT2D eigenvalue weighted by Crippen LogP contribution is -2.15. The molecule has 3 rings (SSSR count). The van der Waals surface area contributed by atoms with Gasteiger partial charge in [-0.2, -0.15) is 0 Å². The largest absolute Gasteiger partial charge is 0.489 e. The van der Waals surface area contributed by atoms with Crippen LogP contribution in [0.5, 0.6) is 17.2 Å². The summed E-state index contributed by atoms with van der Waals surface area (Å²) < 4.78 is 17.0. The van der Waals surface area contributed by atoms with Crippen LogP contribution in [0.1, 0.15) is 30.9 Å².